The van der Waals surface area contributed by atoms with Crippen LogP contribution in [0.5, 0.6) is 5.75 Å². The van der Waals surface area contributed by atoms with Gasteiger partial charge in [0.15, 0.2) is 5.75 Å². The summed E-state index contributed by atoms with van der Waals surface area (Å²) in [5.74, 6) is 0.608. The third-order valence-corrected chi connectivity index (χ3v) is 3.27. The minimum Gasteiger partial charge on any atom is -0.488 e. The first kappa shape index (κ1) is 17.9. The summed E-state index contributed by atoms with van der Waals surface area (Å²) in [4.78, 5) is 26.7. The summed E-state index contributed by atoms with van der Waals surface area (Å²) in [7, 11) is 0. The van der Waals surface area contributed by atoms with Gasteiger partial charge in [-0.1, -0.05) is 31.5 Å². The van der Waals surface area contributed by atoms with E-state index in [-0.39, 0.29) is 17.7 Å². The van der Waals surface area contributed by atoms with E-state index in [0.717, 1.165) is 0 Å². The zero-order valence-electron chi connectivity index (χ0n) is 13.6. The Morgan fingerprint density at radius 1 is 1.33 bits per heavy atom. The van der Waals surface area contributed by atoms with Gasteiger partial charge in [0.2, 0.25) is 5.43 Å². The molecule has 7 heteroatoms. The summed E-state index contributed by atoms with van der Waals surface area (Å²) in [6, 6.07) is 7.86. The lowest BCUT2D eigenvalue weighted by molar-refractivity contribution is 0.251. The molecule has 0 atom stereocenters. The smallest absolute Gasteiger partial charge is 0.319 e. The van der Waals surface area contributed by atoms with Gasteiger partial charge in [-0.25, -0.2) is 4.79 Å². The molecular weight excluding hydrogens is 330 g/mol. The van der Waals surface area contributed by atoms with Crippen LogP contribution in [0, 0.1) is 5.92 Å². The van der Waals surface area contributed by atoms with Gasteiger partial charge in [-0.3, -0.25) is 4.79 Å². The fourth-order valence-corrected chi connectivity index (χ4v) is 2.08. The minimum atomic E-state index is -0.391. The molecule has 0 fully saturated rings. The molecule has 0 saturated heterocycles. The molecule has 0 aliphatic heterocycles. The summed E-state index contributed by atoms with van der Waals surface area (Å²) in [5, 5.41) is 5.86. The number of pyridine rings is 1. The van der Waals surface area contributed by atoms with E-state index in [2.05, 4.69) is 15.6 Å². The number of hydrogen-bond donors (Lipinski definition) is 3. The first-order valence-electron chi connectivity index (χ1n) is 7.59. The first-order valence-corrected chi connectivity index (χ1v) is 7.96. The average Bonchev–Trinajstić information content (AvgIpc) is 2.52. The van der Waals surface area contributed by atoms with Gasteiger partial charge in [-0.15, -0.1) is 0 Å². The van der Waals surface area contributed by atoms with E-state index in [0.29, 0.717) is 28.9 Å². The summed E-state index contributed by atoms with van der Waals surface area (Å²) in [6.45, 7) is 4.67. The number of hydrogen-bond acceptors (Lipinski definition) is 3. The van der Waals surface area contributed by atoms with Gasteiger partial charge in [0.1, 0.15) is 0 Å². The van der Waals surface area contributed by atoms with Crippen LogP contribution in [0.15, 0.2) is 41.3 Å². The van der Waals surface area contributed by atoms with E-state index in [1.807, 2.05) is 13.8 Å². The van der Waals surface area contributed by atoms with E-state index in [4.69, 9.17) is 16.3 Å². The molecular formula is C17H20ClN3O3. The lowest BCUT2D eigenvalue weighted by Gasteiger charge is -2.10. The number of aromatic nitrogens is 1. The molecule has 0 aliphatic carbocycles. The average molecular weight is 350 g/mol. The topological polar surface area (TPSA) is 83.2 Å². The Labute approximate surface area is 145 Å². The number of aromatic amines is 1. The van der Waals surface area contributed by atoms with Crippen LogP contribution < -0.4 is 20.8 Å². The summed E-state index contributed by atoms with van der Waals surface area (Å²) in [5.41, 5.74) is 0.950. The van der Waals surface area contributed by atoms with E-state index >= 15 is 0 Å². The van der Waals surface area contributed by atoms with Gasteiger partial charge < -0.3 is 20.4 Å². The van der Waals surface area contributed by atoms with Crippen LogP contribution in [0.25, 0.3) is 0 Å². The van der Waals surface area contributed by atoms with Crippen molar-refractivity contribution >= 4 is 23.3 Å². The highest BCUT2D eigenvalue weighted by molar-refractivity contribution is 6.30. The summed E-state index contributed by atoms with van der Waals surface area (Å²) in [6.07, 6.45) is 1.51. The maximum Gasteiger partial charge on any atom is 0.319 e. The molecule has 0 spiro atoms. The lowest BCUT2D eigenvalue weighted by atomic mass is 10.2. The van der Waals surface area contributed by atoms with Crippen LogP contribution in [0.2, 0.25) is 5.02 Å². The minimum absolute atomic E-state index is 0.187. The Morgan fingerprint density at radius 2 is 2.12 bits per heavy atom. The predicted molar refractivity (Wildman–Crippen MR) is 94.7 cm³/mol. The van der Waals surface area contributed by atoms with Gasteiger partial charge in [0.05, 0.1) is 13.2 Å². The number of H-pyrrole nitrogens is 1. The summed E-state index contributed by atoms with van der Waals surface area (Å²) < 4.78 is 5.41. The van der Waals surface area contributed by atoms with E-state index < -0.39 is 6.03 Å². The number of carbonyl (C=O) groups is 1. The Morgan fingerprint density at radius 3 is 2.79 bits per heavy atom. The zero-order valence-corrected chi connectivity index (χ0v) is 14.3. The maximum atomic E-state index is 11.9. The number of halogens is 1. The number of rotatable bonds is 6. The van der Waals surface area contributed by atoms with Crippen molar-refractivity contribution in [3.05, 3.63) is 57.5 Å². The van der Waals surface area contributed by atoms with Crippen molar-refractivity contribution < 1.29 is 9.53 Å². The SMILES string of the molecule is CC(C)COc1c[nH]c(CNC(=O)Nc2cccc(Cl)c2)cc1=O. The Hall–Kier alpha value is -2.47. The fourth-order valence-electron chi connectivity index (χ4n) is 1.89. The van der Waals surface area contributed by atoms with Crippen molar-refractivity contribution in [1.29, 1.82) is 0 Å². The van der Waals surface area contributed by atoms with Crippen LogP contribution in [0.3, 0.4) is 0 Å². The third kappa shape index (κ3) is 5.62. The van der Waals surface area contributed by atoms with Gasteiger partial charge in [-0.05, 0) is 24.1 Å². The van der Waals surface area contributed by atoms with Crippen molar-refractivity contribution in [3.63, 3.8) is 0 Å². The standard InChI is InChI=1S/C17H20ClN3O3/c1-11(2)10-24-16-9-19-14(7-15(16)22)8-20-17(23)21-13-5-3-4-12(18)6-13/h3-7,9,11H,8,10H2,1-2H3,(H,19,22)(H2,20,21,23). The van der Waals surface area contributed by atoms with Gasteiger partial charge >= 0.3 is 6.03 Å². The molecule has 0 saturated carbocycles. The van der Waals surface area contributed by atoms with Crippen LogP contribution in [0.4, 0.5) is 10.5 Å². The van der Waals surface area contributed by atoms with Crippen molar-refractivity contribution in [1.82, 2.24) is 10.3 Å². The molecule has 0 radical (unpaired) electrons. The third-order valence-electron chi connectivity index (χ3n) is 3.03. The molecule has 2 amide bonds. The second-order valence-electron chi connectivity index (χ2n) is 5.71. The number of benzene rings is 1. The molecule has 1 aromatic carbocycles. The van der Waals surface area contributed by atoms with Crippen LogP contribution in [-0.4, -0.2) is 17.6 Å². The van der Waals surface area contributed by atoms with Crippen LogP contribution in [-0.2, 0) is 6.54 Å². The number of carbonyl (C=O) groups excluding carboxylic acids is 1. The second kappa shape index (κ2) is 8.40. The molecule has 0 bridgehead atoms. The number of ether oxygens (including phenoxy) is 1. The molecule has 3 N–H and O–H groups in total. The fraction of sp³-hybridized carbons (Fsp3) is 0.294. The lowest BCUT2D eigenvalue weighted by Crippen LogP contribution is -2.29. The van der Waals surface area contributed by atoms with E-state index in [9.17, 15) is 9.59 Å². The maximum absolute atomic E-state index is 11.9. The van der Waals surface area contributed by atoms with E-state index in [1.165, 1.54) is 12.3 Å². The molecule has 2 aromatic rings. The molecule has 128 valence electrons. The number of amides is 2. The monoisotopic (exact) mass is 349 g/mol. The zero-order chi connectivity index (χ0) is 17.5. The highest BCUT2D eigenvalue weighted by atomic mass is 35.5. The molecule has 0 unspecified atom stereocenters. The van der Waals surface area contributed by atoms with Gasteiger partial charge in [-0.2, -0.15) is 0 Å². The molecule has 2 rings (SSSR count). The number of anilines is 1. The predicted octanol–water partition coefficient (Wildman–Crippen LogP) is 3.38. The normalized spacial score (nSPS) is 10.5. The summed E-state index contributed by atoms with van der Waals surface area (Å²) >= 11 is 5.86. The first-order chi connectivity index (χ1) is 11.4. The van der Waals surface area contributed by atoms with Crippen LogP contribution in [0.1, 0.15) is 19.5 Å². The highest BCUT2D eigenvalue weighted by Crippen LogP contribution is 2.14. The van der Waals surface area contributed by atoms with Crippen molar-refractivity contribution in [3.8, 4) is 5.75 Å². The van der Waals surface area contributed by atoms with Crippen LogP contribution >= 0.6 is 11.6 Å². The molecule has 24 heavy (non-hydrogen) atoms. The largest absolute Gasteiger partial charge is 0.488 e. The number of nitrogens with one attached hydrogen (secondary N) is 3. The Bertz CT molecular complexity index is 759. The van der Waals surface area contributed by atoms with Gasteiger partial charge in [0, 0.05) is 28.7 Å². The van der Waals surface area contributed by atoms with Crippen molar-refractivity contribution in [2.24, 2.45) is 5.92 Å². The molecule has 1 aromatic heterocycles. The Kier molecular flexibility index (Phi) is 6.26. The Balaban J connectivity index is 1.88. The van der Waals surface area contributed by atoms with E-state index in [1.54, 1.807) is 24.3 Å². The highest BCUT2D eigenvalue weighted by Gasteiger charge is 2.06. The van der Waals surface area contributed by atoms with Crippen molar-refractivity contribution in [2.75, 3.05) is 11.9 Å². The molecule has 1 heterocycles. The quantitative estimate of drug-likeness (QED) is 0.747. The van der Waals surface area contributed by atoms with Crippen molar-refractivity contribution in [2.45, 2.75) is 20.4 Å². The van der Waals surface area contributed by atoms with Gasteiger partial charge in [0.25, 0.3) is 0 Å². The second-order valence-corrected chi connectivity index (χ2v) is 6.15. The molecule has 0 aliphatic rings. The molecule has 6 nitrogen and oxygen atoms in total. The number of urea groups is 1.